The second-order valence-corrected chi connectivity index (χ2v) is 7.68. The number of hydrogen-bond donors (Lipinski definition) is 1. The molecule has 11 heteroatoms. The van der Waals surface area contributed by atoms with E-state index >= 15 is 0 Å². The summed E-state index contributed by atoms with van der Waals surface area (Å²) in [4.78, 5) is 7.80. The van der Waals surface area contributed by atoms with E-state index in [2.05, 4.69) is 15.1 Å². The summed E-state index contributed by atoms with van der Waals surface area (Å²) < 4.78 is 47.0. The smallest absolute Gasteiger partial charge is 0.229 e. The molecule has 0 spiro atoms. The zero-order valence-corrected chi connectivity index (χ0v) is 11.5. The van der Waals surface area contributed by atoms with Gasteiger partial charge in [-0.15, -0.1) is 0 Å². The van der Waals surface area contributed by atoms with Gasteiger partial charge in [0.25, 0.3) is 5.78 Å². The molecule has 104 valence electrons. The molecule has 0 aliphatic carbocycles. The normalized spacial score (nSPS) is 12.9. The van der Waals surface area contributed by atoms with E-state index in [0.29, 0.717) is 5.69 Å². The molecule has 0 saturated carbocycles. The molecule has 0 radical (unpaired) electrons. The third-order valence-corrected chi connectivity index (χ3v) is 5.00. The molecule has 0 aliphatic rings. The van der Waals surface area contributed by atoms with Crippen LogP contribution in [0.1, 0.15) is 5.69 Å². The molecule has 9 nitrogen and oxygen atoms in total. The van der Waals surface area contributed by atoms with Gasteiger partial charge in [0, 0.05) is 5.69 Å². The van der Waals surface area contributed by atoms with Crippen LogP contribution < -0.4 is 5.14 Å². The van der Waals surface area contributed by atoms with Gasteiger partial charge in [-0.25, -0.2) is 27.0 Å². The van der Waals surface area contributed by atoms with Crippen molar-refractivity contribution in [2.24, 2.45) is 5.14 Å². The maximum absolute atomic E-state index is 12.1. The van der Waals surface area contributed by atoms with Crippen molar-refractivity contribution in [1.82, 2.24) is 19.6 Å². The summed E-state index contributed by atoms with van der Waals surface area (Å²) in [5.74, 6) is -1.15. The predicted molar refractivity (Wildman–Crippen MR) is 65.5 cm³/mol. The van der Waals surface area contributed by atoms with Crippen LogP contribution in [0.15, 0.2) is 17.4 Å². The molecule has 2 heterocycles. The maximum Gasteiger partial charge on any atom is 0.253 e. The lowest BCUT2D eigenvalue weighted by Crippen LogP contribution is -2.24. The molecular weight excluding hydrogens is 294 g/mol. The molecule has 19 heavy (non-hydrogen) atoms. The molecule has 0 aromatic carbocycles. The van der Waals surface area contributed by atoms with E-state index in [4.69, 9.17) is 5.14 Å². The Morgan fingerprint density at radius 2 is 1.95 bits per heavy atom. The van der Waals surface area contributed by atoms with Crippen LogP contribution in [0.2, 0.25) is 0 Å². The lowest BCUT2D eigenvalue weighted by atomic mass is 10.5. The second-order valence-electron chi connectivity index (χ2n) is 3.89. The summed E-state index contributed by atoms with van der Waals surface area (Å²) in [5.41, 5.74) is 0.440. The highest BCUT2D eigenvalue weighted by Gasteiger charge is 2.22. The minimum Gasteiger partial charge on any atom is -0.229 e. The van der Waals surface area contributed by atoms with Crippen molar-refractivity contribution in [3.8, 4) is 0 Å². The van der Waals surface area contributed by atoms with Gasteiger partial charge in [0.15, 0.2) is 14.9 Å². The Bertz CT molecular complexity index is 824. The van der Waals surface area contributed by atoms with Gasteiger partial charge in [0.2, 0.25) is 10.0 Å². The molecule has 0 atom stereocenters. The van der Waals surface area contributed by atoms with Crippen molar-refractivity contribution < 1.29 is 16.8 Å². The monoisotopic (exact) mass is 305 g/mol. The highest BCUT2D eigenvalue weighted by molar-refractivity contribution is 7.94. The van der Waals surface area contributed by atoms with E-state index in [0.717, 1.165) is 4.52 Å². The maximum atomic E-state index is 12.1. The number of primary sulfonamides is 1. The van der Waals surface area contributed by atoms with E-state index in [-0.39, 0.29) is 10.8 Å². The third-order valence-electron chi connectivity index (χ3n) is 2.30. The molecule has 2 N–H and O–H groups in total. The highest BCUT2D eigenvalue weighted by Crippen LogP contribution is 2.13. The average Bonchev–Trinajstić information content (AvgIpc) is 2.72. The number of nitrogens with two attached hydrogens (primary N) is 1. The van der Waals surface area contributed by atoms with Crippen LogP contribution in [0.4, 0.5) is 0 Å². The Morgan fingerprint density at radius 1 is 1.26 bits per heavy atom. The molecule has 0 unspecified atom stereocenters. The fourth-order valence-corrected chi connectivity index (χ4v) is 4.21. The van der Waals surface area contributed by atoms with Crippen molar-refractivity contribution in [3.05, 3.63) is 18.1 Å². The fourth-order valence-electron chi connectivity index (χ4n) is 1.45. The van der Waals surface area contributed by atoms with Gasteiger partial charge < -0.3 is 0 Å². The van der Waals surface area contributed by atoms with Crippen molar-refractivity contribution in [3.63, 3.8) is 0 Å². The van der Waals surface area contributed by atoms with Crippen molar-refractivity contribution in [2.75, 3.05) is 11.5 Å². The fraction of sp³-hybridized carbons (Fsp3) is 0.375. The first-order chi connectivity index (χ1) is 8.69. The molecule has 0 bridgehead atoms. The van der Waals surface area contributed by atoms with Crippen molar-refractivity contribution in [1.29, 1.82) is 0 Å². The molecule has 0 fully saturated rings. The Kier molecular flexibility index (Phi) is 3.28. The lowest BCUT2D eigenvalue weighted by molar-refractivity contribution is 0.582. The average molecular weight is 305 g/mol. The third kappa shape index (κ3) is 3.05. The summed E-state index contributed by atoms with van der Waals surface area (Å²) in [7, 11) is -7.71. The Balaban J connectivity index is 2.51. The summed E-state index contributed by atoms with van der Waals surface area (Å²) in [6, 6.07) is 1.31. The van der Waals surface area contributed by atoms with Gasteiger partial charge in [0.05, 0.1) is 11.5 Å². The first kappa shape index (κ1) is 13.8. The van der Waals surface area contributed by atoms with Crippen LogP contribution in [-0.4, -0.2) is 47.9 Å². The molecule has 2 aromatic rings. The summed E-state index contributed by atoms with van der Waals surface area (Å²) in [6.07, 6.45) is 1.17. The second kappa shape index (κ2) is 4.51. The van der Waals surface area contributed by atoms with Crippen LogP contribution >= 0.6 is 0 Å². The largest absolute Gasteiger partial charge is 0.253 e. The number of fused-ring (bicyclic) bond motifs is 1. The number of sulfonamides is 1. The zero-order chi connectivity index (χ0) is 14.3. The standard InChI is InChI=1S/C8H11N5O4S2/c1-6-4-7(13-8(12-6)10-5-11-13)18(14,15)2-3-19(9,16)17/h4-5H,2-3H2,1H3,(H2,9,16,17). The van der Waals surface area contributed by atoms with Gasteiger partial charge >= 0.3 is 0 Å². The lowest BCUT2D eigenvalue weighted by Gasteiger charge is -2.06. The van der Waals surface area contributed by atoms with Crippen LogP contribution in [0.25, 0.3) is 5.78 Å². The van der Waals surface area contributed by atoms with E-state index in [1.807, 2.05) is 0 Å². The van der Waals surface area contributed by atoms with E-state index in [9.17, 15) is 16.8 Å². The van der Waals surface area contributed by atoms with Gasteiger partial charge in [-0.05, 0) is 13.0 Å². The van der Waals surface area contributed by atoms with E-state index in [1.54, 1.807) is 6.92 Å². The quantitative estimate of drug-likeness (QED) is 0.678. The van der Waals surface area contributed by atoms with Gasteiger partial charge in [0.1, 0.15) is 6.33 Å². The number of aromatic nitrogens is 4. The Morgan fingerprint density at radius 3 is 2.58 bits per heavy atom. The number of nitrogens with zero attached hydrogens (tertiary/aromatic N) is 4. The number of aryl methyl sites for hydroxylation is 1. The minimum absolute atomic E-state index is 0.134. The van der Waals surface area contributed by atoms with Gasteiger partial charge in [-0.1, -0.05) is 0 Å². The van der Waals surface area contributed by atoms with Gasteiger partial charge in [-0.3, -0.25) is 0 Å². The Labute approximate surface area is 109 Å². The van der Waals surface area contributed by atoms with E-state index < -0.39 is 31.4 Å². The molecular formula is C8H11N5O4S2. The predicted octanol–water partition coefficient (Wildman–Crippen LogP) is -1.51. The van der Waals surface area contributed by atoms with Crippen LogP contribution in [0, 0.1) is 6.92 Å². The first-order valence-electron chi connectivity index (χ1n) is 5.10. The SMILES string of the molecule is Cc1cc(S(=O)(=O)CCS(N)(=O)=O)n2ncnc2n1. The summed E-state index contributed by atoms with van der Waals surface area (Å²) in [6.45, 7) is 1.60. The summed E-state index contributed by atoms with van der Waals surface area (Å²) >= 11 is 0. The molecule has 0 amide bonds. The molecule has 2 rings (SSSR count). The molecule has 0 aliphatic heterocycles. The molecule has 0 saturated heterocycles. The van der Waals surface area contributed by atoms with Crippen molar-refractivity contribution >= 4 is 25.6 Å². The van der Waals surface area contributed by atoms with E-state index in [1.165, 1.54) is 12.4 Å². The first-order valence-corrected chi connectivity index (χ1v) is 8.46. The minimum atomic E-state index is -3.86. The van der Waals surface area contributed by atoms with Crippen LogP contribution in [0.5, 0.6) is 0 Å². The number of sulfone groups is 1. The highest BCUT2D eigenvalue weighted by atomic mass is 32.2. The zero-order valence-electron chi connectivity index (χ0n) is 9.88. The van der Waals surface area contributed by atoms with Crippen molar-refractivity contribution in [2.45, 2.75) is 11.9 Å². The Hall–Kier alpha value is -1.59. The number of hydrogen-bond acceptors (Lipinski definition) is 7. The van der Waals surface area contributed by atoms with Crippen LogP contribution in [-0.2, 0) is 19.9 Å². The molecule has 2 aromatic heterocycles. The summed E-state index contributed by atoms with van der Waals surface area (Å²) in [5, 5.41) is 8.40. The van der Waals surface area contributed by atoms with Crippen LogP contribution in [0.3, 0.4) is 0 Å². The topological polar surface area (TPSA) is 137 Å². The number of rotatable bonds is 4. The van der Waals surface area contributed by atoms with Gasteiger partial charge in [-0.2, -0.15) is 14.6 Å².